The first-order valence-electron chi connectivity index (χ1n) is 6.43. The molecule has 0 atom stereocenters. The van der Waals surface area contributed by atoms with Gasteiger partial charge in [0.15, 0.2) is 0 Å². The molecule has 1 aliphatic rings. The number of hydrogen-bond acceptors (Lipinski definition) is 3. The van der Waals surface area contributed by atoms with Crippen LogP contribution in [0.15, 0.2) is 16.5 Å². The number of hydrogen-bond donors (Lipinski definition) is 1. The quantitative estimate of drug-likeness (QED) is 0.802. The van der Waals surface area contributed by atoms with E-state index < -0.39 is 0 Å². The molecular formula is C14H23NOS. The Morgan fingerprint density at radius 3 is 2.65 bits per heavy atom. The molecule has 3 heteroatoms. The summed E-state index contributed by atoms with van der Waals surface area (Å²) in [7, 11) is 0. The molecule has 0 spiro atoms. The molecule has 0 aliphatic heterocycles. The third-order valence-electron chi connectivity index (χ3n) is 3.90. The van der Waals surface area contributed by atoms with Crippen molar-refractivity contribution < 1.29 is 4.42 Å². The molecule has 1 fully saturated rings. The van der Waals surface area contributed by atoms with Gasteiger partial charge in [-0.2, -0.15) is 11.8 Å². The minimum absolute atomic E-state index is 0.578. The van der Waals surface area contributed by atoms with E-state index in [0.29, 0.717) is 5.41 Å². The van der Waals surface area contributed by atoms with E-state index in [4.69, 9.17) is 4.42 Å². The lowest BCUT2D eigenvalue weighted by atomic mass is 9.92. The Morgan fingerprint density at radius 1 is 1.35 bits per heavy atom. The average Bonchev–Trinajstić information content (AvgIpc) is 2.95. The van der Waals surface area contributed by atoms with E-state index in [0.717, 1.165) is 36.3 Å². The second kappa shape index (κ2) is 5.49. The second-order valence-electron chi connectivity index (χ2n) is 5.42. The summed E-state index contributed by atoms with van der Waals surface area (Å²) >= 11 is 1.80. The Labute approximate surface area is 109 Å². The molecule has 2 rings (SSSR count). The maximum absolute atomic E-state index is 5.74. The normalized spacial score (nSPS) is 17.6. The van der Waals surface area contributed by atoms with Crippen LogP contribution >= 0.6 is 11.8 Å². The Morgan fingerprint density at radius 2 is 2.06 bits per heavy atom. The van der Waals surface area contributed by atoms with Crippen molar-refractivity contribution in [1.82, 2.24) is 5.32 Å². The van der Waals surface area contributed by atoms with Gasteiger partial charge in [0.2, 0.25) is 0 Å². The number of rotatable bonds is 7. The maximum Gasteiger partial charge on any atom is 0.118 e. The summed E-state index contributed by atoms with van der Waals surface area (Å²) in [6.07, 6.45) is 4.86. The molecule has 1 saturated carbocycles. The van der Waals surface area contributed by atoms with Gasteiger partial charge in [0.1, 0.15) is 11.5 Å². The standard InChI is InChI=1S/C14H23NOS/c1-11(2)14(6-7-14)10-15-8-12-4-5-13(16-12)9-17-3/h4-5,11,15H,6-10H2,1-3H3. The van der Waals surface area contributed by atoms with Crippen molar-refractivity contribution in [3.8, 4) is 0 Å². The maximum atomic E-state index is 5.74. The van der Waals surface area contributed by atoms with Crippen molar-refractivity contribution in [1.29, 1.82) is 0 Å². The van der Waals surface area contributed by atoms with Crippen LogP contribution in [-0.4, -0.2) is 12.8 Å². The van der Waals surface area contributed by atoms with Crippen molar-refractivity contribution in [2.24, 2.45) is 11.3 Å². The predicted molar refractivity (Wildman–Crippen MR) is 74.1 cm³/mol. The van der Waals surface area contributed by atoms with Gasteiger partial charge in [0, 0.05) is 6.54 Å². The molecule has 1 aromatic rings. The Balaban J connectivity index is 1.74. The van der Waals surface area contributed by atoms with E-state index in [-0.39, 0.29) is 0 Å². The highest BCUT2D eigenvalue weighted by Gasteiger charge is 2.44. The topological polar surface area (TPSA) is 25.2 Å². The number of nitrogens with one attached hydrogen (secondary N) is 1. The second-order valence-corrected chi connectivity index (χ2v) is 6.29. The highest BCUT2D eigenvalue weighted by molar-refractivity contribution is 7.97. The van der Waals surface area contributed by atoms with Gasteiger partial charge in [-0.1, -0.05) is 13.8 Å². The van der Waals surface area contributed by atoms with Crippen molar-refractivity contribution in [2.45, 2.75) is 39.0 Å². The van der Waals surface area contributed by atoms with Crippen LogP contribution in [0, 0.1) is 11.3 Å². The van der Waals surface area contributed by atoms with Gasteiger partial charge in [-0.25, -0.2) is 0 Å². The molecule has 0 radical (unpaired) electrons. The van der Waals surface area contributed by atoms with Gasteiger partial charge in [-0.3, -0.25) is 0 Å². The molecule has 1 heterocycles. The summed E-state index contributed by atoms with van der Waals surface area (Å²) in [5.74, 6) is 3.90. The van der Waals surface area contributed by atoms with Gasteiger partial charge in [-0.05, 0) is 42.6 Å². The number of thioether (sulfide) groups is 1. The summed E-state index contributed by atoms with van der Waals surface area (Å²) in [6, 6.07) is 4.18. The minimum atomic E-state index is 0.578. The fraction of sp³-hybridized carbons (Fsp3) is 0.714. The molecule has 1 N–H and O–H groups in total. The monoisotopic (exact) mass is 253 g/mol. The molecule has 0 saturated heterocycles. The first-order chi connectivity index (χ1) is 8.16. The van der Waals surface area contributed by atoms with E-state index in [2.05, 4.69) is 37.6 Å². The first-order valence-corrected chi connectivity index (χ1v) is 7.83. The molecule has 2 nitrogen and oxygen atoms in total. The molecule has 1 aromatic heterocycles. The Bertz CT molecular complexity index is 355. The highest BCUT2D eigenvalue weighted by Crippen LogP contribution is 2.51. The average molecular weight is 253 g/mol. The first kappa shape index (κ1) is 13.0. The molecule has 17 heavy (non-hydrogen) atoms. The lowest BCUT2D eigenvalue weighted by molar-refractivity contribution is 0.330. The zero-order valence-electron chi connectivity index (χ0n) is 11.1. The van der Waals surface area contributed by atoms with Crippen LogP contribution in [-0.2, 0) is 12.3 Å². The van der Waals surface area contributed by atoms with Crippen LogP contribution in [0.4, 0.5) is 0 Å². The summed E-state index contributed by atoms with van der Waals surface area (Å²) in [5.41, 5.74) is 0.578. The van der Waals surface area contributed by atoms with E-state index >= 15 is 0 Å². The summed E-state index contributed by atoms with van der Waals surface area (Å²) < 4.78 is 5.74. The lowest BCUT2D eigenvalue weighted by Crippen LogP contribution is -2.27. The molecule has 1 aliphatic carbocycles. The molecule has 96 valence electrons. The van der Waals surface area contributed by atoms with Gasteiger partial charge >= 0.3 is 0 Å². The highest BCUT2D eigenvalue weighted by atomic mass is 32.2. The molecule has 0 bridgehead atoms. The third kappa shape index (κ3) is 3.29. The molecule has 0 unspecified atom stereocenters. The summed E-state index contributed by atoms with van der Waals surface area (Å²) in [5, 5.41) is 3.54. The van der Waals surface area contributed by atoms with Gasteiger partial charge in [0.25, 0.3) is 0 Å². The molecule has 0 aromatic carbocycles. The van der Waals surface area contributed by atoms with Crippen LogP contribution in [0.2, 0.25) is 0 Å². The number of furan rings is 1. The van der Waals surface area contributed by atoms with Crippen molar-refractivity contribution in [3.05, 3.63) is 23.7 Å². The van der Waals surface area contributed by atoms with E-state index in [1.807, 2.05) is 0 Å². The third-order valence-corrected chi connectivity index (χ3v) is 4.47. The fourth-order valence-corrected chi connectivity index (χ4v) is 2.73. The summed E-state index contributed by atoms with van der Waals surface area (Å²) in [6.45, 7) is 6.66. The van der Waals surface area contributed by atoms with Crippen molar-refractivity contribution >= 4 is 11.8 Å². The smallest absolute Gasteiger partial charge is 0.118 e. The van der Waals surface area contributed by atoms with Crippen molar-refractivity contribution in [3.63, 3.8) is 0 Å². The van der Waals surface area contributed by atoms with Gasteiger partial charge < -0.3 is 9.73 Å². The Kier molecular flexibility index (Phi) is 4.21. The van der Waals surface area contributed by atoms with Crippen LogP contribution in [0.1, 0.15) is 38.2 Å². The van der Waals surface area contributed by atoms with Crippen LogP contribution in [0.3, 0.4) is 0 Å². The van der Waals surface area contributed by atoms with E-state index in [1.54, 1.807) is 11.8 Å². The molecular weight excluding hydrogens is 230 g/mol. The van der Waals surface area contributed by atoms with Crippen LogP contribution in [0.5, 0.6) is 0 Å². The van der Waals surface area contributed by atoms with Gasteiger partial charge in [0.05, 0.1) is 12.3 Å². The minimum Gasteiger partial charge on any atom is -0.464 e. The fourth-order valence-electron chi connectivity index (χ4n) is 2.29. The van der Waals surface area contributed by atoms with Crippen LogP contribution < -0.4 is 5.32 Å². The van der Waals surface area contributed by atoms with E-state index in [1.165, 1.54) is 12.8 Å². The van der Waals surface area contributed by atoms with Crippen LogP contribution in [0.25, 0.3) is 0 Å². The van der Waals surface area contributed by atoms with Gasteiger partial charge in [-0.15, -0.1) is 0 Å². The summed E-state index contributed by atoms with van der Waals surface area (Å²) in [4.78, 5) is 0. The zero-order valence-corrected chi connectivity index (χ0v) is 11.9. The lowest BCUT2D eigenvalue weighted by Gasteiger charge is -2.19. The van der Waals surface area contributed by atoms with Crippen molar-refractivity contribution in [2.75, 3.05) is 12.8 Å². The zero-order chi connectivity index (χ0) is 12.3. The predicted octanol–water partition coefficient (Wildman–Crippen LogP) is 3.67. The largest absolute Gasteiger partial charge is 0.464 e. The molecule has 0 amide bonds. The van der Waals surface area contributed by atoms with E-state index in [9.17, 15) is 0 Å². The SMILES string of the molecule is CSCc1ccc(CNCC2(C(C)C)CC2)o1. The Hall–Kier alpha value is -0.410.